The normalized spacial score (nSPS) is 17.7. The molecular weight excluding hydrogens is 328 g/mol. The van der Waals surface area contributed by atoms with Crippen LogP contribution < -0.4 is 15.1 Å². The van der Waals surface area contributed by atoms with Crippen LogP contribution in [0.2, 0.25) is 0 Å². The van der Waals surface area contributed by atoms with Gasteiger partial charge in [0.05, 0.1) is 39.8 Å². The molecular formula is C20H34N4O2+2. The predicted molar refractivity (Wildman–Crippen MR) is 104 cm³/mol. The van der Waals surface area contributed by atoms with Crippen LogP contribution in [0.1, 0.15) is 25.0 Å². The van der Waals surface area contributed by atoms with Crippen molar-refractivity contribution in [2.45, 2.75) is 33.7 Å². The number of benzene rings is 1. The summed E-state index contributed by atoms with van der Waals surface area (Å²) in [6, 6.07) is 5.67. The average molecular weight is 363 g/mol. The van der Waals surface area contributed by atoms with Gasteiger partial charge < -0.3 is 20.0 Å². The van der Waals surface area contributed by atoms with E-state index in [0.717, 1.165) is 54.4 Å². The summed E-state index contributed by atoms with van der Waals surface area (Å²) in [6.07, 6.45) is 0. The Balaban J connectivity index is 1.87. The number of hydrogen-bond donors (Lipinski definition) is 3. The topological polar surface area (TPSA) is 58.3 Å². The third-order valence-electron chi connectivity index (χ3n) is 5.71. The van der Waals surface area contributed by atoms with Crippen molar-refractivity contribution < 1.29 is 19.4 Å². The number of aryl methyl sites for hydroxylation is 1. The zero-order chi connectivity index (χ0) is 19.3. The average Bonchev–Trinajstić information content (AvgIpc) is 2.64. The Bertz CT molecular complexity index is 639. The molecule has 144 valence electrons. The van der Waals surface area contributed by atoms with Crippen LogP contribution >= 0.6 is 0 Å². The van der Waals surface area contributed by atoms with E-state index in [0.29, 0.717) is 0 Å². The quantitative estimate of drug-likeness (QED) is 0.601. The molecule has 6 nitrogen and oxygen atoms in total. The number of rotatable bonds is 6. The Morgan fingerprint density at radius 1 is 1.27 bits per heavy atom. The predicted octanol–water partition coefficient (Wildman–Crippen LogP) is -1.11. The summed E-state index contributed by atoms with van der Waals surface area (Å²) >= 11 is 0. The molecule has 0 aromatic heterocycles. The zero-order valence-corrected chi connectivity index (χ0v) is 16.8. The molecule has 0 saturated carbocycles. The van der Waals surface area contributed by atoms with Gasteiger partial charge in [0.15, 0.2) is 12.6 Å². The van der Waals surface area contributed by atoms with E-state index in [-0.39, 0.29) is 24.4 Å². The van der Waals surface area contributed by atoms with Crippen LogP contribution in [0.25, 0.3) is 0 Å². The van der Waals surface area contributed by atoms with Gasteiger partial charge in [-0.15, -0.1) is 0 Å². The number of carbonyl (C=O) groups excluding carboxylic acids is 2. The van der Waals surface area contributed by atoms with Crippen molar-refractivity contribution in [1.82, 2.24) is 4.90 Å². The molecule has 0 bridgehead atoms. The van der Waals surface area contributed by atoms with Gasteiger partial charge in [-0.25, -0.2) is 0 Å². The smallest absolute Gasteiger partial charge is 0.280 e. The number of amides is 2. The van der Waals surface area contributed by atoms with Gasteiger partial charge in [-0.2, -0.15) is 0 Å². The zero-order valence-electron chi connectivity index (χ0n) is 16.8. The maximum Gasteiger partial charge on any atom is 0.280 e. The van der Waals surface area contributed by atoms with Gasteiger partial charge in [-0.3, -0.25) is 9.59 Å². The standard InChI is InChI=1S/C20H32N4O2/c1-6-23-10-12-24(13-11-23)20(26)17(4)22(5)14-19(25)21-18-9-7-8-15(2)16(18)3/h7-9,17H,6,10-14H2,1-5H3,(H,21,25)/p+2/t17-/m1/s1. The molecule has 1 aliphatic heterocycles. The molecule has 26 heavy (non-hydrogen) atoms. The van der Waals surface area contributed by atoms with Crippen molar-refractivity contribution >= 4 is 17.5 Å². The third kappa shape index (κ3) is 5.05. The summed E-state index contributed by atoms with van der Waals surface area (Å²) in [4.78, 5) is 29.6. The number of nitrogens with one attached hydrogen (secondary N) is 3. The Kier molecular flexibility index (Phi) is 7.17. The highest BCUT2D eigenvalue weighted by atomic mass is 16.2. The summed E-state index contributed by atoms with van der Waals surface area (Å²) in [5.74, 6) is 0.0910. The van der Waals surface area contributed by atoms with Gasteiger partial charge in [-0.05, 0) is 44.9 Å². The van der Waals surface area contributed by atoms with Crippen molar-refractivity contribution in [3.8, 4) is 0 Å². The first-order valence-corrected chi connectivity index (χ1v) is 9.64. The number of carbonyl (C=O) groups is 2. The van der Waals surface area contributed by atoms with E-state index in [1.54, 1.807) is 4.90 Å². The fourth-order valence-electron chi connectivity index (χ4n) is 3.37. The van der Waals surface area contributed by atoms with Crippen LogP contribution in [0, 0.1) is 13.8 Å². The number of likely N-dealkylation sites (N-methyl/N-ethyl adjacent to an activating group) is 2. The van der Waals surface area contributed by atoms with Crippen molar-refractivity contribution in [3.63, 3.8) is 0 Å². The SMILES string of the molecule is CC[NH+]1CCN(C(=O)[C@@H](C)[NH+](C)CC(=O)Nc2cccc(C)c2C)CC1. The Hall–Kier alpha value is -1.92. The van der Waals surface area contributed by atoms with Gasteiger partial charge in [-0.1, -0.05) is 12.1 Å². The van der Waals surface area contributed by atoms with Gasteiger partial charge >= 0.3 is 0 Å². The Morgan fingerprint density at radius 3 is 2.54 bits per heavy atom. The minimum absolute atomic E-state index is 0.0592. The lowest BCUT2D eigenvalue weighted by molar-refractivity contribution is -0.903. The fourth-order valence-corrected chi connectivity index (χ4v) is 3.37. The van der Waals surface area contributed by atoms with E-state index in [4.69, 9.17) is 0 Å². The number of quaternary nitrogens is 2. The van der Waals surface area contributed by atoms with Crippen LogP contribution in [0.15, 0.2) is 18.2 Å². The molecule has 6 heteroatoms. The highest BCUT2D eigenvalue weighted by Crippen LogP contribution is 2.17. The van der Waals surface area contributed by atoms with Crippen molar-refractivity contribution in [1.29, 1.82) is 0 Å². The molecule has 1 fully saturated rings. The monoisotopic (exact) mass is 362 g/mol. The lowest BCUT2D eigenvalue weighted by atomic mass is 10.1. The van der Waals surface area contributed by atoms with Gasteiger partial charge in [0.2, 0.25) is 0 Å². The van der Waals surface area contributed by atoms with Crippen LogP contribution in [0.3, 0.4) is 0 Å². The summed E-state index contributed by atoms with van der Waals surface area (Å²) in [6.45, 7) is 13.2. The lowest BCUT2D eigenvalue weighted by Gasteiger charge is -2.33. The largest absolute Gasteiger partial charge is 0.332 e. The maximum absolute atomic E-state index is 12.7. The minimum Gasteiger partial charge on any atom is -0.332 e. The molecule has 1 unspecified atom stereocenters. The van der Waals surface area contributed by atoms with E-state index in [1.807, 2.05) is 50.9 Å². The van der Waals surface area contributed by atoms with Gasteiger partial charge in [0, 0.05) is 5.69 Å². The summed E-state index contributed by atoms with van der Waals surface area (Å²) in [5.41, 5.74) is 3.08. The second-order valence-corrected chi connectivity index (χ2v) is 7.47. The summed E-state index contributed by atoms with van der Waals surface area (Å²) < 4.78 is 0. The molecule has 0 aliphatic carbocycles. The molecule has 1 aliphatic rings. The fraction of sp³-hybridized carbons (Fsp3) is 0.600. The van der Waals surface area contributed by atoms with E-state index < -0.39 is 0 Å². The Morgan fingerprint density at radius 2 is 1.92 bits per heavy atom. The molecule has 2 amide bonds. The first kappa shape index (κ1) is 20.4. The van der Waals surface area contributed by atoms with E-state index >= 15 is 0 Å². The molecule has 1 aromatic rings. The number of nitrogens with zero attached hydrogens (tertiary/aromatic N) is 1. The van der Waals surface area contributed by atoms with Gasteiger partial charge in [0.25, 0.3) is 11.8 Å². The molecule has 3 N–H and O–H groups in total. The van der Waals surface area contributed by atoms with Crippen molar-refractivity contribution in [2.75, 3.05) is 51.6 Å². The highest BCUT2D eigenvalue weighted by Gasteiger charge is 2.31. The molecule has 1 saturated heterocycles. The van der Waals surface area contributed by atoms with Crippen molar-refractivity contribution in [2.24, 2.45) is 0 Å². The van der Waals surface area contributed by atoms with Gasteiger partial charge in [0.1, 0.15) is 0 Å². The molecule has 2 rings (SSSR count). The molecule has 1 aromatic carbocycles. The molecule has 2 atom stereocenters. The summed E-state index contributed by atoms with van der Waals surface area (Å²) in [5, 5.41) is 2.98. The van der Waals surface area contributed by atoms with Crippen LogP contribution in [-0.4, -0.2) is 69.1 Å². The molecule has 0 radical (unpaired) electrons. The first-order chi connectivity index (χ1) is 12.3. The van der Waals surface area contributed by atoms with E-state index in [9.17, 15) is 9.59 Å². The van der Waals surface area contributed by atoms with E-state index in [2.05, 4.69) is 12.2 Å². The lowest BCUT2D eigenvalue weighted by Crippen LogP contribution is -3.16. The third-order valence-corrected chi connectivity index (χ3v) is 5.71. The molecule has 0 spiro atoms. The maximum atomic E-state index is 12.7. The molecule has 1 heterocycles. The second-order valence-electron chi connectivity index (χ2n) is 7.47. The first-order valence-electron chi connectivity index (χ1n) is 9.64. The van der Waals surface area contributed by atoms with Crippen LogP contribution in [-0.2, 0) is 9.59 Å². The summed E-state index contributed by atoms with van der Waals surface area (Å²) in [7, 11) is 1.92. The van der Waals surface area contributed by atoms with Crippen molar-refractivity contribution in [3.05, 3.63) is 29.3 Å². The Labute approximate surface area is 157 Å². The van der Waals surface area contributed by atoms with Crippen LogP contribution in [0.4, 0.5) is 5.69 Å². The van der Waals surface area contributed by atoms with Crippen LogP contribution in [0.5, 0.6) is 0 Å². The minimum atomic E-state index is -0.220. The highest BCUT2D eigenvalue weighted by molar-refractivity contribution is 5.92. The second kappa shape index (κ2) is 9.14. The number of hydrogen-bond acceptors (Lipinski definition) is 2. The van der Waals surface area contributed by atoms with E-state index in [1.165, 1.54) is 0 Å². The number of piperazine rings is 1. The number of anilines is 1.